The molecule has 0 heterocycles. The van der Waals surface area contributed by atoms with E-state index in [9.17, 15) is 13.2 Å². The minimum absolute atomic E-state index is 0.211. The maximum Gasteiger partial charge on any atom is 0.194 e. The Balaban J connectivity index is 2.00. The summed E-state index contributed by atoms with van der Waals surface area (Å²) in [5.74, 6) is -2.28. The number of hydrogen-bond donors (Lipinski definition) is 1. The molecule has 4 heteroatoms. The standard InChI is InChI=1S/C16H22F3N/c1-10(2)11-4-3-5-12(7-6-11)20-13-8-14(17)16(19)15(18)9-13/h8-12,20H,3-7H2,1-2H3. The second-order valence-corrected chi connectivity index (χ2v) is 6.11. The lowest BCUT2D eigenvalue weighted by atomic mass is 9.89. The van der Waals surface area contributed by atoms with E-state index in [2.05, 4.69) is 19.2 Å². The monoisotopic (exact) mass is 285 g/mol. The van der Waals surface area contributed by atoms with Crippen molar-refractivity contribution in [2.45, 2.75) is 52.0 Å². The predicted molar refractivity (Wildman–Crippen MR) is 75.1 cm³/mol. The highest BCUT2D eigenvalue weighted by molar-refractivity contribution is 5.45. The smallest absolute Gasteiger partial charge is 0.194 e. The van der Waals surface area contributed by atoms with Gasteiger partial charge >= 0.3 is 0 Å². The second kappa shape index (κ2) is 6.51. The van der Waals surface area contributed by atoms with Crippen LogP contribution in [0.5, 0.6) is 0 Å². The van der Waals surface area contributed by atoms with Gasteiger partial charge in [-0.2, -0.15) is 0 Å². The van der Waals surface area contributed by atoms with Crippen molar-refractivity contribution < 1.29 is 13.2 Å². The number of anilines is 1. The molecule has 0 aromatic heterocycles. The molecule has 0 amide bonds. The molecule has 0 saturated heterocycles. The summed E-state index contributed by atoms with van der Waals surface area (Å²) >= 11 is 0. The minimum Gasteiger partial charge on any atom is -0.382 e. The summed E-state index contributed by atoms with van der Waals surface area (Å²) in [6.45, 7) is 4.48. The molecule has 112 valence electrons. The first-order chi connectivity index (χ1) is 9.47. The molecule has 0 spiro atoms. The fourth-order valence-corrected chi connectivity index (χ4v) is 3.02. The van der Waals surface area contributed by atoms with Gasteiger partial charge in [0, 0.05) is 23.9 Å². The second-order valence-electron chi connectivity index (χ2n) is 6.11. The summed E-state index contributed by atoms with van der Waals surface area (Å²) < 4.78 is 39.3. The van der Waals surface area contributed by atoms with E-state index >= 15 is 0 Å². The van der Waals surface area contributed by atoms with Crippen LogP contribution in [0.4, 0.5) is 18.9 Å². The largest absolute Gasteiger partial charge is 0.382 e. The molecule has 1 aromatic carbocycles. The van der Waals surface area contributed by atoms with E-state index in [1.54, 1.807) is 0 Å². The van der Waals surface area contributed by atoms with Gasteiger partial charge in [0.15, 0.2) is 17.5 Å². The summed E-state index contributed by atoms with van der Waals surface area (Å²) in [4.78, 5) is 0. The lowest BCUT2D eigenvalue weighted by molar-refractivity contribution is 0.341. The molecule has 1 fully saturated rings. The van der Waals surface area contributed by atoms with Crippen LogP contribution in [0.1, 0.15) is 46.0 Å². The van der Waals surface area contributed by atoms with E-state index in [0.29, 0.717) is 11.6 Å². The number of nitrogens with one attached hydrogen (secondary N) is 1. The highest BCUT2D eigenvalue weighted by atomic mass is 19.2. The van der Waals surface area contributed by atoms with Crippen molar-refractivity contribution in [3.05, 3.63) is 29.6 Å². The SMILES string of the molecule is CC(C)C1CCCC(Nc2cc(F)c(F)c(F)c2)CC1. The van der Waals surface area contributed by atoms with Crippen molar-refractivity contribution in [3.8, 4) is 0 Å². The van der Waals surface area contributed by atoms with Crippen molar-refractivity contribution in [2.24, 2.45) is 11.8 Å². The number of halogens is 3. The van der Waals surface area contributed by atoms with E-state index in [-0.39, 0.29) is 6.04 Å². The lowest BCUT2D eigenvalue weighted by Gasteiger charge is -2.20. The molecule has 1 N–H and O–H groups in total. The van der Waals surface area contributed by atoms with E-state index in [4.69, 9.17) is 0 Å². The molecule has 1 aromatic rings. The maximum atomic E-state index is 13.2. The molecule has 0 aliphatic heterocycles. The van der Waals surface area contributed by atoms with Crippen molar-refractivity contribution in [1.82, 2.24) is 0 Å². The zero-order valence-electron chi connectivity index (χ0n) is 12.1. The molecule has 1 aliphatic rings. The van der Waals surface area contributed by atoms with Gasteiger partial charge in [0.2, 0.25) is 0 Å². The molecular weight excluding hydrogens is 263 g/mol. The third kappa shape index (κ3) is 3.68. The van der Waals surface area contributed by atoms with Crippen molar-refractivity contribution in [3.63, 3.8) is 0 Å². The fourth-order valence-electron chi connectivity index (χ4n) is 3.02. The van der Waals surface area contributed by atoms with Crippen LogP contribution in [0.3, 0.4) is 0 Å². The molecule has 1 saturated carbocycles. The van der Waals surface area contributed by atoms with Gasteiger partial charge in [-0.25, -0.2) is 13.2 Å². The van der Waals surface area contributed by atoms with E-state index in [1.165, 1.54) is 6.42 Å². The summed E-state index contributed by atoms with van der Waals surface area (Å²) in [7, 11) is 0. The first-order valence-electron chi connectivity index (χ1n) is 7.38. The average molecular weight is 285 g/mol. The van der Waals surface area contributed by atoms with Crippen LogP contribution in [-0.4, -0.2) is 6.04 Å². The number of rotatable bonds is 3. The Morgan fingerprint density at radius 1 is 1.00 bits per heavy atom. The summed E-state index contributed by atoms with van der Waals surface area (Å²) in [6.07, 6.45) is 5.43. The number of benzene rings is 1. The van der Waals surface area contributed by atoms with Gasteiger partial charge in [0.05, 0.1) is 0 Å². The Morgan fingerprint density at radius 2 is 1.65 bits per heavy atom. The quantitative estimate of drug-likeness (QED) is 0.600. The van der Waals surface area contributed by atoms with E-state index < -0.39 is 17.5 Å². The zero-order valence-corrected chi connectivity index (χ0v) is 12.1. The third-order valence-corrected chi connectivity index (χ3v) is 4.31. The van der Waals surface area contributed by atoms with Gasteiger partial charge in [-0.05, 0) is 31.1 Å². The van der Waals surface area contributed by atoms with Gasteiger partial charge in [-0.3, -0.25) is 0 Å². The van der Waals surface area contributed by atoms with Crippen LogP contribution in [0.15, 0.2) is 12.1 Å². The molecule has 2 unspecified atom stereocenters. The molecule has 0 bridgehead atoms. The highest BCUT2D eigenvalue weighted by Crippen LogP contribution is 2.30. The van der Waals surface area contributed by atoms with Crippen LogP contribution in [0.2, 0.25) is 0 Å². The van der Waals surface area contributed by atoms with Crippen LogP contribution in [0.25, 0.3) is 0 Å². The Bertz CT molecular complexity index is 436. The molecular formula is C16H22F3N. The molecule has 1 nitrogen and oxygen atoms in total. The highest BCUT2D eigenvalue weighted by Gasteiger charge is 2.21. The minimum atomic E-state index is -1.41. The van der Waals surface area contributed by atoms with Crippen LogP contribution in [-0.2, 0) is 0 Å². The Labute approximate surface area is 118 Å². The third-order valence-electron chi connectivity index (χ3n) is 4.31. The molecule has 2 atom stereocenters. The Morgan fingerprint density at radius 3 is 2.25 bits per heavy atom. The maximum absolute atomic E-state index is 13.2. The van der Waals surface area contributed by atoms with Gasteiger partial charge in [0.25, 0.3) is 0 Å². The molecule has 20 heavy (non-hydrogen) atoms. The summed E-state index contributed by atoms with van der Waals surface area (Å²) in [6, 6.07) is 2.27. The lowest BCUT2D eigenvalue weighted by Crippen LogP contribution is -2.19. The Kier molecular flexibility index (Phi) is 4.95. The normalized spacial score (nSPS) is 23.7. The van der Waals surface area contributed by atoms with Gasteiger partial charge in [-0.15, -0.1) is 0 Å². The first-order valence-corrected chi connectivity index (χ1v) is 7.38. The molecule has 1 aliphatic carbocycles. The van der Waals surface area contributed by atoms with Crippen molar-refractivity contribution in [2.75, 3.05) is 5.32 Å². The molecule has 2 rings (SSSR count). The van der Waals surface area contributed by atoms with Gasteiger partial charge in [-0.1, -0.05) is 26.7 Å². The summed E-state index contributed by atoms with van der Waals surface area (Å²) in [5.41, 5.74) is 0.328. The zero-order chi connectivity index (χ0) is 14.7. The van der Waals surface area contributed by atoms with Crippen LogP contribution < -0.4 is 5.32 Å². The first kappa shape index (κ1) is 15.2. The Hall–Kier alpha value is -1.19. The number of hydrogen-bond acceptors (Lipinski definition) is 1. The average Bonchev–Trinajstić information content (AvgIpc) is 2.61. The van der Waals surface area contributed by atoms with Gasteiger partial charge < -0.3 is 5.32 Å². The van der Waals surface area contributed by atoms with Crippen LogP contribution in [0, 0.1) is 29.3 Å². The van der Waals surface area contributed by atoms with Crippen molar-refractivity contribution in [1.29, 1.82) is 0 Å². The van der Waals surface area contributed by atoms with E-state index in [1.807, 2.05) is 0 Å². The van der Waals surface area contributed by atoms with Crippen molar-refractivity contribution >= 4 is 5.69 Å². The predicted octanol–water partition coefficient (Wildman–Crippen LogP) is 5.12. The van der Waals surface area contributed by atoms with E-state index in [0.717, 1.165) is 43.7 Å². The van der Waals surface area contributed by atoms with Crippen LogP contribution >= 0.6 is 0 Å². The fraction of sp³-hybridized carbons (Fsp3) is 0.625. The topological polar surface area (TPSA) is 12.0 Å². The van der Waals surface area contributed by atoms with Gasteiger partial charge in [0.1, 0.15) is 0 Å². The summed E-state index contributed by atoms with van der Waals surface area (Å²) in [5, 5.41) is 3.14. The molecule has 0 radical (unpaired) electrons.